The van der Waals surface area contributed by atoms with Crippen molar-refractivity contribution in [3.63, 3.8) is 0 Å². The molecular weight excluding hydrogens is 224 g/mol. The molecule has 0 saturated heterocycles. The van der Waals surface area contributed by atoms with Gasteiger partial charge in [0.15, 0.2) is 0 Å². The van der Waals surface area contributed by atoms with Crippen LogP contribution in [0.3, 0.4) is 0 Å². The zero-order valence-corrected chi connectivity index (χ0v) is 10.4. The summed E-state index contributed by atoms with van der Waals surface area (Å²) in [5, 5.41) is 13.4. The SMILES string of the molecule is CC(N)CCNc1c(C#N)cnc2ccccc12. The molecule has 0 radical (unpaired) electrons. The summed E-state index contributed by atoms with van der Waals surface area (Å²) in [6.45, 7) is 2.72. The van der Waals surface area contributed by atoms with Gasteiger partial charge in [-0.3, -0.25) is 4.98 Å². The minimum Gasteiger partial charge on any atom is -0.383 e. The highest BCUT2D eigenvalue weighted by molar-refractivity contribution is 5.93. The first-order chi connectivity index (χ1) is 8.72. The monoisotopic (exact) mass is 240 g/mol. The van der Waals surface area contributed by atoms with E-state index in [0.717, 1.165) is 29.6 Å². The van der Waals surface area contributed by atoms with Gasteiger partial charge >= 0.3 is 0 Å². The molecule has 0 aliphatic rings. The molecule has 1 atom stereocenters. The summed E-state index contributed by atoms with van der Waals surface area (Å²) in [6, 6.07) is 10.1. The molecule has 0 spiro atoms. The van der Waals surface area contributed by atoms with Crippen LogP contribution in [0.15, 0.2) is 30.5 Å². The van der Waals surface area contributed by atoms with Crippen molar-refractivity contribution in [3.05, 3.63) is 36.0 Å². The second-order valence-electron chi connectivity index (χ2n) is 4.37. The minimum absolute atomic E-state index is 0.149. The third-order valence-electron chi connectivity index (χ3n) is 2.80. The molecule has 0 amide bonds. The number of aromatic nitrogens is 1. The van der Waals surface area contributed by atoms with Crippen molar-refractivity contribution in [3.8, 4) is 6.07 Å². The third kappa shape index (κ3) is 2.58. The van der Waals surface area contributed by atoms with E-state index in [9.17, 15) is 0 Å². The molecule has 0 bridgehead atoms. The molecule has 4 nitrogen and oxygen atoms in total. The maximum absolute atomic E-state index is 9.13. The van der Waals surface area contributed by atoms with Gasteiger partial charge < -0.3 is 11.1 Å². The van der Waals surface area contributed by atoms with Crippen LogP contribution in [0.25, 0.3) is 10.9 Å². The average Bonchev–Trinajstić information content (AvgIpc) is 2.38. The summed E-state index contributed by atoms with van der Waals surface area (Å²) in [5.74, 6) is 0. The van der Waals surface area contributed by atoms with Gasteiger partial charge in [-0.2, -0.15) is 5.26 Å². The lowest BCUT2D eigenvalue weighted by Crippen LogP contribution is -2.19. The zero-order chi connectivity index (χ0) is 13.0. The molecule has 1 aromatic carbocycles. The Balaban J connectivity index is 2.36. The first-order valence-electron chi connectivity index (χ1n) is 5.99. The van der Waals surface area contributed by atoms with E-state index >= 15 is 0 Å². The summed E-state index contributed by atoms with van der Waals surface area (Å²) >= 11 is 0. The molecular formula is C14H16N4. The first-order valence-corrected chi connectivity index (χ1v) is 5.99. The van der Waals surface area contributed by atoms with Gasteiger partial charge in [0.1, 0.15) is 6.07 Å². The van der Waals surface area contributed by atoms with Gasteiger partial charge in [-0.05, 0) is 19.4 Å². The fraction of sp³-hybridized carbons (Fsp3) is 0.286. The molecule has 1 heterocycles. The molecule has 2 rings (SSSR count). The van der Waals surface area contributed by atoms with Gasteiger partial charge in [-0.15, -0.1) is 0 Å². The lowest BCUT2D eigenvalue weighted by Gasteiger charge is -2.12. The normalized spacial score (nSPS) is 12.1. The van der Waals surface area contributed by atoms with E-state index in [-0.39, 0.29) is 6.04 Å². The molecule has 1 unspecified atom stereocenters. The molecule has 0 fully saturated rings. The van der Waals surface area contributed by atoms with Gasteiger partial charge in [0.05, 0.1) is 16.8 Å². The number of nitrogens with two attached hydrogens (primary N) is 1. The predicted octanol–water partition coefficient (Wildman–Crippen LogP) is 2.26. The lowest BCUT2D eigenvalue weighted by atomic mass is 10.1. The number of nitriles is 1. The Labute approximate surface area is 106 Å². The molecule has 0 saturated carbocycles. The highest BCUT2D eigenvalue weighted by atomic mass is 14.9. The van der Waals surface area contributed by atoms with Gasteiger partial charge in [0.25, 0.3) is 0 Å². The molecule has 0 aliphatic heterocycles. The van der Waals surface area contributed by atoms with Crippen molar-refractivity contribution in [1.29, 1.82) is 5.26 Å². The van der Waals surface area contributed by atoms with Crippen molar-refractivity contribution >= 4 is 16.6 Å². The third-order valence-corrected chi connectivity index (χ3v) is 2.80. The fourth-order valence-corrected chi connectivity index (χ4v) is 1.84. The Hall–Kier alpha value is -2.12. The number of hydrogen-bond donors (Lipinski definition) is 2. The van der Waals surface area contributed by atoms with E-state index in [1.54, 1.807) is 6.20 Å². The van der Waals surface area contributed by atoms with Gasteiger partial charge in [-0.25, -0.2) is 0 Å². The second kappa shape index (κ2) is 5.48. The zero-order valence-electron chi connectivity index (χ0n) is 10.4. The van der Waals surface area contributed by atoms with Crippen molar-refractivity contribution < 1.29 is 0 Å². The van der Waals surface area contributed by atoms with Gasteiger partial charge in [0.2, 0.25) is 0 Å². The molecule has 18 heavy (non-hydrogen) atoms. The standard InChI is InChI=1S/C14H16N4/c1-10(16)6-7-17-14-11(8-15)9-18-13-5-3-2-4-12(13)14/h2-5,9-10H,6-7,16H2,1H3,(H,17,18). The van der Waals surface area contributed by atoms with Crippen LogP contribution in [0.4, 0.5) is 5.69 Å². The Bertz CT molecular complexity index is 584. The summed E-state index contributed by atoms with van der Waals surface area (Å²) in [7, 11) is 0. The van der Waals surface area contributed by atoms with E-state index in [4.69, 9.17) is 11.0 Å². The maximum atomic E-state index is 9.13. The van der Waals surface area contributed by atoms with Gasteiger partial charge in [-0.1, -0.05) is 18.2 Å². The van der Waals surface area contributed by atoms with Gasteiger partial charge in [0, 0.05) is 24.2 Å². The fourth-order valence-electron chi connectivity index (χ4n) is 1.84. The number of pyridine rings is 1. The molecule has 1 aromatic heterocycles. The van der Waals surface area contributed by atoms with Crippen LogP contribution in [0.1, 0.15) is 18.9 Å². The Morgan fingerprint density at radius 2 is 2.22 bits per heavy atom. The van der Waals surface area contributed by atoms with E-state index in [1.807, 2.05) is 31.2 Å². The Morgan fingerprint density at radius 3 is 2.94 bits per heavy atom. The van der Waals surface area contributed by atoms with E-state index in [0.29, 0.717) is 5.56 Å². The van der Waals surface area contributed by atoms with E-state index in [1.165, 1.54) is 0 Å². The highest BCUT2D eigenvalue weighted by Crippen LogP contribution is 2.25. The van der Waals surface area contributed by atoms with Crippen molar-refractivity contribution in [2.45, 2.75) is 19.4 Å². The summed E-state index contributed by atoms with van der Waals surface area (Å²) in [4.78, 5) is 4.27. The van der Waals surface area contributed by atoms with Crippen LogP contribution in [0.5, 0.6) is 0 Å². The maximum Gasteiger partial charge on any atom is 0.103 e. The quantitative estimate of drug-likeness (QED) is 0.859. The second-order valence-corrected chi connectivity index (χ2v) is 4.37. The molecule has 2 aromatic rings. The Morgan fingerprint density at radius 1 is 1.44 bits per heavy atom. The van der Waals surface area contributed by atoms with Crippen molar-refractivity contribution in [2.75, 3.05) is 11.9 Å². The van der Waals surface area contributed by atoms with E-state index < -0.39 is 0 Å². The average molecular weight is 240 g/mol. The molecule has 4 heteroatoms. The lowest BCUT2D eigenvalue weighted by molar-refractivity contribution is 0.690. The van der Waals surface area contributed by atoms with Crippen LogP contribution >= 0.6 is 0 Å². The Kier molecular flexibility index (Phi) is 3.75. The predicted molar refractivity (Wildman–Crippen MR) is 73.2 cm³/mol. The van der Waals surface area contributed by atoms with Crippen LogP contribution < -0.4 is 11.1 Å². The van der Waals surface area contributed by atoms with Crippen molar-refractivity contribution in [2.24, 2.45) is 5.73 Å². The molecule has 0 aliphatic carbocycles. The molecule has 3 N–H and O–H groups in total. The summed E-state index contributed by atoms with van der Waals surface area (Å²) < 4.78 is 0. The minimum atomic E-state index is 0.149. The number of anilines is 1. The smallest absolute Gasteiger partial charge is 0.103 e. The highest BCUT2D eigenvalue weighted by Gasteiger charge is 2.07. The first kappa shape index (κ1) is 12.3. The number of fused-ring (bicyclic) bond motifs is 1. The summed E-state index contributed by atoms with van der Waals surface area (Å²) in [5.41, 5.74) is 8.03. The van der Waals surface area contributed by atoms with E-state index in [2.05, 4.69) is 16.4 Å². The largest absolute Gasteiger partial charge is 0.383 e. The van der Waals surface area contributed by atoms with Crippen LogP contribution in [0, 0.1) is 11.3 Å². The van der Waals surface area contributed by atoms with Crippen LogP contribution in [-0.2, 0) is 0 Å². The number of nitrogens with zero attached hydrogens (tertiary/aromatic N) is 2. The topological polar surface area (TPSA) is 74.7 Å². The number of hydrogen-bond acceptors (Lipinski definition) is 4. The number of benzene rings is 1. The number of para-hydroxylation sites is 1. The summed E-state index contributed by atoms with van der Waals surface area (Å²) in [6.07, 6.45) is 2.47. The number of nitrogens with one attached hydrogen (secondary N) is 1. The number of rotatable bonds is 4. The van der Waals surface area contributed by atoms with Crippen LogP contribution in [0.2, 0.25) is 0 Å². The molecule has 92 valence electrons. The van der Waals surface area contributed by atoms with Crippen molar-refractivity contribution in [1.82, 2.24) is 4.98 Å². The van der Waals surface area contributed by atoms with Crippen LogP contribution in [-0.4, -0.2) is 17.6 Å².